The molecule has 1 N–H and O–H groups in total. The van der Waals surface area contributed by atoms with Gasteiger partial charge < -0.3 is 10.0 Å². The Kier molecular flexibility index (Phi) is 8.00. The van der Waals surface area contributed by atoms with Crippen molar-refractivity contribution in [3.63, 3.8) is 0 Å². The van der Waals surface area contributed by atoms with E-state index in [2.05, 4.69) is 13.8 Å². The zero-order valence-electron chi connectivity index (χ0n) is 14.6. The van der Waals surface area contributed by atoms with Crippen LogP contribution in [0.2, 0.25) is 0 Å². The van der Waals surface area contributed by atoms with Crippen LogP contribution < -0.4 is 4.90 Å². The second-order valence-electron chi connectivity index (χ2n) is 6.37. The number of unbranched alkanes of at least 4 members (excludes halogenated alkanes) is 3. The SMILES string of the molecule is CCCCCCC(CC)Cc1cc(N(C)C)ccc1C(=O)O. The highest BCUT2D eigenvalue weighted by atomic mass is 16.4. The Morgan fingerprint density at radius 2 is 1.91 bits per heavy atom. The van der Waals surface area contributed by atoms with Gasteiger partial charge in [0.05, 0.1) is 5.56 Å². The van der Waals surface area contributed by atoms with Crippen LogP contribution in [0.4, 0.5) is 5.69 Å². The van der Waals surface area contributed by atoms with Crippen LogP contribution in [0, 0.1) is 5.92 Å². The fraction of sp³-hybridized carbons (Fsp3) is 0.632. The number of nitrogens with zero attached hydrogens (tertiary/aromatic N) is 1. The molecule has 0 amide bonds. The molecule has 1 aromatic rings. The Bertz CT molecular complexity index is 469. The minimum atomic E-state index is -0.818. The number of carboxylic acid groups (broad SMARTS) is 1. The summed E-state index contributed by atoms with van der Waals surface area (Å²) in [6.45, 7) is 4.43. The lowest BCUT2D eigenvalue weighted by Gasteiger charge is -2.19. The zero-order valence-corrected chi connectivity index (χ0v) is 14.6. The third-order valence-corrected chi connectivity index (χ3v) is 4.39. The number of hydrogen-bond acceptors (Lipinski definition) is 2. The Hall–Kier alpha value is -1.51. The average molecular weight is 305 g/mol. The molecule has 0 saturated heterocycles. The predicted octanol–water partition coefficient (Wildman–Crippen LogP) is 4.99. The Morgan fingerprint density at radius 3 is 2.45 bits per heavy atom. The van der Waals surface area contributed by atoms with Crippen molar-refractivity contribution in [2.24, 2.45) is 5.92 Å². The Labute approximate surface area is 135 Å². The average Bonchev–Trinajstić information content (AvgIpc) is 2.49. The highest BCUT2D eigenvalue weighted by Gasteiger charge is 2.15. The molecule has 0 radical (unpaired) electrons. The first-order chi connectivity index (χ1) is 10.5. The van der Waals surface area contributed by atoms with E-state index >= 15 is 0 Å². The highest BCUT2D eigenvalue weighted by Crippen LogP contribution is 2.25. The Morgan fingerprint density at radius 1 is 1.18 bits per heavy atom. The number of hydrogen-bond donors (Lipinski definition) is 1. The topological polar surface area (TPSA) is 40.5 Å². The minimum Gasteiger partial charge on any atom is -0.478 e. The van der Waals surface area contributed by atoms with E-state index in [0.29, 0.717) is 11.5 Å². The number of carboxylic acids is 1. The number of rotatable bonds is 10. The van der Waals surface area contributed by atoms with E-state index in [9.17, 15) is 9.90 Å². The number of aromatic carboxylic acids is 1. The van der Waals surface area contributed by atoms with Gasteiger partial charge in [-0.15, -0.1) is 0 Å². The van der Waals surface area contributed by atoms with Crippen molar-refractivity contribution in [2.45, 2.75) is 58.8 Å². The lowest BCUT2D eigenvalue weighted by atomic mass is 9.89. The van der Waals surface area contributed by atoms with Gasteiger partial charge in [-0.25, -0.2) is 4.79 Å². The fourth-order valence-corrected chi connectivity index (χ4v) is 2.86. The standard InChI is InChI=1S/C19H31NO2/c1-5-7-8-9-10-15(6-2)13-16-14-17(20(3)4)11-12-18(16)19(21)22/h11-12,14-15H,5-10,13H2,1-4H3,(H,21,22). The largest absolute Gasteiger partial charge is 0.478 e. The van der Waals surface area contributed by atoms with Crippen molar-refractivity contribution in [3.05, 3.63) is 29.3 Å². The summed E-state index contributed by atoms with van der Waals surface area (Å²) < 4.78 is 0. The first-order valence-electron chi connectivity index (χ1n) is 8.53. The van der Waals surface area contributed by atoms with Gasteiger partial charge in [0.25, 0.3) is 0 Å². The third-order valence-electron chi connectivity index (χ3n) is 4.39. The first kappa shape index (κ1) is 18.5. The molecule has 0 aliphatic rings. The molecule has 1 unspecified atom stereocenters. The molecule has 1 aromatic carbocycles. The summed E-state index contributed by atoms with van der Waals surface area (Å²) in [4.78, 5) is 13.5. The smallest absolute Gasteiger partial charge is 0.335 e. The second kappa shape index (κ2) is 9.50. The van der Waals surface area contributed by atoms with Gasteiger partial charge in [-0.3, -0.25) is 0 Å². The summed E-state index contributed by atoms with van der Waals surface area (Å²) in [5.74, 6) is -0.242. The first-order valence-corrected chi connectivity index (χ1v) is 8.53. The van der Waals surface area contributed by atoms with Crippen LogP contribution in [0.25, 0.3) is 0 Å². The number of benzene rings is 1. The molecule has 0 aromatic heterocycles. The zero-order chi connectivity index (χ0) is 16.5. The molecule has 0 heterocycles. The molecular formula is C19H31NO2. The number of carbonyl (C=O) groups is 1. The van der Waals surface area contributed by atoms with E-state index in [1.165, 1.54) is 32.1 Å². The van der Waals surface area contributed by atoms with Crippen LogP contribution in [0.1, 0.15) is 68.3 Å². The van der Waals surface area contributed by atoms with Gasteiger partial charge in [-0.1, -0.05) is 52.4 Å². The van der Waals surface area contributed by atoms with Gasteiger partial charge in [0, 0.05) is 19.8 Å². The van der Waals surface area contributed by atoms with Crippen molar-refractivity contribution in [1.82, 2.24) is 0 Å². The quantitative estimate of drug-likeness (QED) is 0.619. The lowest BCUT2D eigenvalue weighted by molar-refractivity contribution is 0.0695. The van der Waals surface area contributed by atoms with Crippen LogP contribution in [0.3, 0.4) is 0 Å². The molecule has 0 saturated carbocycles. The summed E-state index contributed by atoms with van der Waals surface area (Å²) in [6, 6.07) is 5.67. The maximum atomic E-state index is 11.5. The molecule has 0 aliphatic carbocycles. The van der Waals surface area contributed by atoms with Gasteiger partial charge in [0.1, 0.15) is 0 Å². The molecule has 1 rings (SSSR count). The molecule has 22 heavy (non-hydrogen) atoms. The maximum Gasteiger partial charge on any atom is 0.335 e. The maximum absolute atomic E-state index is 11.5. The van der Waals surface area contributed by atoms with E-state index < -0.39 is 5.97 Å². The monoisotopic (exact) mass is 305 g/mol. The normalized spacial score (nSPS) is 12.2. The fourth-order valence-electron chi connectivity index (χ4n) is 2.86. The van der Waals surface area contributed by atoms with E-state index in [1.807, 2.05) is 31.1 Å². The summed E-state index contributed by atoms with van der Waals surface area (Å²) in [5, 5.41) is 9.41. The second-order valence-corrected chi connectivity index (χ2v) is 6.37. The molecule has 0 aliphatic heterocycles. The molecule has 0 spiro atoms. The van der Waals surface area contributed by atoms with Crippen LogP contribution >= 0.6 is 0 Å². The van der Waals surface area contributed by atoms with Crippen molar-refractivity contribution in [1.29, 1.82) is 0 Å². The summed E-state index contributed by atoms with van der Waals surface area (Å²) in [5.41, 5.74) is 2.50. The van der Waals surface area contributed by atoms with E-state index in [1.54, 1.807) is 6.07 Å². The Balaban J connectivity index is 2.82. The van der Waals surface area contributed by atoms with Crippen LogP contribution in [0.5, 0.6) is 0 Å². The van der Waals surface area contributed by atoms with Gasteiger partial charge in [-0.05, 0) is 36.1 Å². The number of anilines is 1. The highest BCUT2D eigenvalue weighted by molar-refractivity contribution is 5.90. The van der Waals surface area contributed by atoms with Gasteiger partial charge in [0.2, 0.25) is 0 Å². The van der Waals surface area contributed by atoms with Crippen LogP contribution in [-0.2, 0) is 6.42 Å². The van der Waals surface area contributed by atoms with Gasteiger partial charge in [0.15, 0.2) is 0 Å². The third kappa shape index (κ3) is 5.70. The van der Waals surface area contributed by atoms with E-state index in [0.717, 1.165) is 24.1 Å². The molecule has 3 nitrogen and oxygen atoms in total. The molecular weight excluding hydrogens is 274 g/mol. The predicted molar refractivity (Wildman–Crippen MR) is 94.0 cm³/mol. The van der Waals surface area contributed by atoms with E-state index in [4.69, 9.17) is 0 Å². The lowest BCUT2D eigenvalue weighted by Crippen LogP contribution is -2.13. The molecule has 3 heteroatoms. The van der Waals surface area contributed by atoms with Crippen LogP contribution in [-0.4, -0.2) is 25.2 Å². The summed E-state index contributed by atoms with van der Waals surface area (Å²) >= 11 is 0. The van der Waals surface area contributed by atoms with Crippen molar-refractivity contribution in [2.75, 3.05) is 19.0 Å². The van der Waals surface area contributed by atoms with Crippen molar-refractivity contribution < 1.29 is 9.90 Å². The van der Waals surface area contributed by atoms with Crippen molar-refractivity contribution >= 4 is 11.7 Å². The van der Waals surface area contributed by atoms with Gasteiger partial charge >= 0.3 is 5.97 Å². The summed E-state index contributed by atoms with van der Waals surface area (Å²) in [7, 11) is 3.98. The van der Waals surface area contributed by atoms with Crippen LogP contribution in [0.15, 0.2) is 18.2 Å². The van der Waals surface area contributed by atoms with Crippen molar-refractivity contribution in [3.8, 4) is 0 Å². The van der Waals surface area contributed by atoms with E-state index in [-0.39, 0.29) is 0 Å². The molecule has 1 atom stereocenters. The molecule has 124 valence electrons. The molecule has 0 bridgehead atoms. The summed E-state index contributed by atoms with van der Waals surface area (Å²) in [6.07, 6.45) is 8.27. The van der Waals surface area contributed by atoms with Gasteiger partial charge in [-0.2, -0.15) is 0 Å². The molecule has 0 fully saturated rings. The minimum absolute atomic E-state index is 0.456.